The number of benzene rings is 2. The number of fused-ring (bicyclic) bond motifs is 9. The molecule has 40 heteroatoms. The molecule has 2 aromatic carbocycles. The number of aryl methyl sites for hydroxylation is 1. The highest BCUT2D eigenvalue weighted by Gasteiger charge is 2.59. The van der Waals surface area contributed by atoms with Gasteiger partial charge in [-0.05, 0) is 91.1 Å². The van der Waals surface area contributed by atoms with Crippen molar-refractivity contribution >= 4 is 109 Å². The summed E-state index contributed by atoms with van der Waals surface area (Å²) in [6.07, 6.45) is 8.17. The first-order valence-corrected chi connectivity index (χ1v) is 37.9. The fourth-order valence-corrected chi connectivity index (χ4v) is 16.0. The Morgan fingerprint density at radius 3 is 1.26 bits per heavy atom. The number of anilines is 5. The molecule has 8 aliphatic heterocycles. The van der Waals surface area contributed by atoms with Gasteiger partial charge in [0.15, 0.2) is 76.2 Å². The van der Waals surface area contributed by atoms with E-state index in [-0.39, 0.29) is 131 Å². The molecule has 7 aromatic heterocycles. The van der Waals surface area contributed by atoms with Gasteiger partial charge in [-0.15, -0.1) is 0 Å². The first kappa shape index (κ1) is 81.9. The molecule has 9 aliphatic rings. The Morgan fingerprint density at radius 1 is 0.462 bits per heavy atom. The summed E-state index contributed by atoms with van der Waals surface area (Å²) in [7, 11) is 0. The van der Waals surface area contributed by atoms with Gasteiger partial charge in [0.25, 0.3) is 11.8 Å². The summed E-state index contributed by atoms with van der Waals surface area (Å²) in [6, 6.07) is 12.2. The van der Waals surface area contributed by atoms with Crippen LogP contribution in [0.4, 0.5) is 28.8 Å². The number of ketones is 1. The molecule has 0 unspecified atom stereocenters. The number of carbonyl (C=O) groups excluding carboxylic acids is 8. The predicted molar refractivity (Wildman–Crippen MR) is 417 cm³/mol. The summed E-state index contributed by atoms with van der Waals surface area (Å²) in [6.45, 7) is 12.9. The van der Waals surface area contributed by atoms with Gasteiger partial charge in [-0.1, -0.05) is 27.0 Å². The van der Waals surface area contributed by atoms with Crippen molar-refractivity contribution in [2.75, 3.05) is 47.5 Å². The summed E-state index contributed by atoms with van der Waals surface area (Å²) in [5.41, 5.74) is 26.4. The van der Waals surface area contributed by atoms with E-state index in [2.05, 4.69) is 82.1 Å². The van der Waals surface area contributed by atoms with Crippen LogP contribution in [0.1, 0.15) is 174 Å². The van der Waals surface area contributed by atoms with Gasteiger partial charge in [-0.2, -0.15) is 0 Å². The second kappa shape index (κ2) is 33.2. The molecule has 620 valence electrons. The van der Waals surface area contributed by atoms with Crippen LogP contribution in [0.3, 0.4) is 0 Å². The molecular weight excluding hydrogens is 1520 g/mol. The number of nitrogens with two attached hydrogens (primary N) is 3. The van der Waals surface area contributed by atoms with Crippen LogP contribution < -0.4 is 54.4 Å². The summed E-state index contributed by atoms with van der Waals surface area (Å²) in [5.74, 6) is -2.97. The second-order valence-electron chi connectivity index (χ2n) is 30.4. The highest BCUT2D eigenvalue weighted by molar-refractivity contribution is 6.03. The number of hydrogen-bond donors (Lipinski definition) is 10. The molecule has 6 fully saturated rings. The SMILES string of the molecule is C.C.CC1(C)O[C@@H]2[C@H](O1)[C@@H](CNC(=O)CCC(=O)Nc1cccc3c1CNC3=O)O[C@H]2n1cnc2c(N)ncnc21.CC1(C)O[C@@H]2[C@H](O1)[C@@H](CNC(=O)CCCC(=O)Nc1cccc3c1CNC3=O)O[C@H]2n1cnc2c(N)ncnc21.CC1(C)O[C@@H]2[C@H](O1)[C@@H](CNC(=O)CCn1ccc3c1CCCC3=O)O[C@H]2n1cnc2c(N)ncnc21. The fourth-order valence-electron chi connectivity index (χ4n) is 16.0. The predicted octanol–water partition coefficient (Wildman–Crippen LogP) is 4.22. The van der Waals surface area contributed by atoms with Crippen LogP contribution in [0, 0.1) is 0 Å². The Hall–Kier alpha value is -11.6. The van der Waals surface area contributed by atoms with Crippen molar-refractivity contribution in [2.24, 2.45) is 0 Å². The van der Waals surface area contributed by atoms with Gasteiger partial charge >= 0.3 is 0 Å². The molecule has 7 amide bonds. The molecule has 40 nitrogen and oxygen atoms in total. The summed E-state index contributed by atoms with van der Waals surface area (Å²) in [4.78, 5) is 136. The number of nitrogens with zero attached hydrogens (tertiary/aromatic N) is 13. The van der Waals surface area contributed by atoms with Gasteiger partial charge in [-0.3, -0.25) is 52.1 Å². The molecule has 1 aliphatic carbocycles. The van der Waals surface area contributed by atoms with E-state index in [0.29, 0.717) is 94.9 Å². The molecule has 0 saturated carbocycles. The van der Waals surface area contributed by atoms with E-state index in [1.807, 2.05) is 58.4 Å². The topological polar surface area (TPSA) is 518 Å². The number of carbonyl (C=O) groups is 8. The maximum Gasteiger partial charge on any atom is 0.251 e. The van der Waals surface area contributed by atoms with Gasteiger partial charge in [0.1, 0.15) is 90.5 Å². The van der Waals surface area contributed by atoms with Gasteiger partial charge < -0.3 is 102 Å². The third-order valence-electron chi connectivity index (χ3n) is 21.3. The number of imidazole rings is 3. The van der Waals surface area contributed by atoms with Crippen molar-refractivity contribution in [3.63, 3.8) is 0 Å². The van der Waals surface area contributed by atoms with E-state index in [1.54, 1.807) is 69.1 Å². The van der Waals surface area contributed by atoms with Crippen molar-refractivity contribution < 1.29 is 81.0 Å². The average molecular weight is 1610 g/mol. The van der Waals surface area contributed by atoms with Crippen LogP contribution in [-0.2, 0) is 92.7 Å². The number of hydrogen-bond acceptors (Lipinski definition) is 29. The molecule has 6 saturated heterocycles. The lowest BCUT2D eigenvalue weighted by molar-refractivity contribution is -0.196. The largest absolute Gasteiger partial charge is 0.382 e. The molecule has 12 atom stereocenters. The zero-order valence-corrected chi connectivity index (χ0v) is 63.6. The van der Waals surface area contributed by atoms with Crippen molar-refractivity contribution in [1.82, 2.24) is 89.7 Å². The summed E-state index contributed by atoms with van der Waals surface area (Å²) in [5, 5.41) is 19.8. The van der Waals surface area contributed by atoms with Crippen LogP contribution in [0.15, 0.2) is 86.6 Å². The maximum atomic E-state index is 12.7. The monoisotopic (exact) mass is 1610 g/mol. The van der Waals surface area contributed by atoms with Gasteiger partial charge in [0, 0.05) is 129 Å². The van der Waals surface area contributed by atoms with Crippen LogP contribution >= 0.6 is 0 Å². The molecule has 117 heavy (non-hydrogen) atoms. The minimum absolute atomic E-state index is 0. The van der Waals surface area contributed by atoms with E-state index in [4.69, 9.17) is 59.8 Å². The zero-order valence-electron chi connectivity index (χ0n) is 63.6. The highest BCUT2D eigenvalue weighted by Crippen LogP contribution is 2.47. The summed E-state index contributed by atoms with van der Waals surface area (Å²) >= 11 is 0. The standard InChI is InChI=1S/C26H30N8O6.C25H28N8O6.C24H29N7O5.2CH4/c1-26(2)39-20-16(38-25(21(20)40-26)34-12-32-19-22(27)30-11-31-23(19)34)10-28-17(35)7-4-8-18(36)33-15-6-3-5-13-14(15)9-29-24(13)37;1-25(2)38-19-15(37-24(20(19)39-25)33-11-31-18-21(26)29-10-30-22(18)33)9-27-16(34)6-7-17(35)32-14-5-3-4-12-13(14)8-28-23(12)36;1-24(2)35-19-16(10-26-17(33)7-9-30-8-6-13-14(30)4-3-5-15(13)32)34-23(20(19)36-24)31-12-29-18-21(25)27-11-28-22(18)31;;/h3,5-6,11-12,16,20-21,25H,4,7-10H2,1-2H3,(H,28,35)(H,29,37)(H,33,36)(H2,27,30,31);3-5,10-11,15,19-20,24H,6-9H2,1-2H3,(H,27,34)(H,28,36)(H,32,35)(H2,26,29,30);6,8,11-12,16,19-20,23H,3-5,7,9-10H2,1-2H3,(H,26,33)(H2,25,27,28);2*1H4/t16-,20-,21-,25-;15-,19-,20-,24-;16-,19-,20-,23-;;/m111../s1. The lowest BCUT2D eigenvalue weighted by Gasteiger charge is -2.25. The van der Waals surface area contributed by atoms with E-state index in [1.165, 1.54) is 19.0 Å². The Labute approximate surface area is 669 Å². The van der Waals surface area contributed by atoms with Gasteiger partial charge in [0.2, 0.25) is 29.5 Å². The average Bonchev–Trinajstić information content (AvgIpc) is 1.60. The molecule has 0 bridgehead atoms. The minimum atomic E-state index is -0.847. The smallest absolute Gasteiger partial charge is 0.251 e. The van der Waals surface area contributed by atoms with Gasteiger partial charge in [-0.25, -0.2) is 44.9 Å². The normalized spacial score (nSPS) is 24.9. The third kappa shape index (κ3) is 16.8. The molecule has 9 aromatic rings. The van der Waals surface area contributed by atoms with Crippen molar-refractivity contribution in [3.05, 3.63) is 120 Å². The molecule has 15 heterocycles. The van der Waals surface area contributed by atoms with Crippen LogP contribution in [0.25, 0.3) is 33.5 Å². The first-order chi connectivity index (χ1) is 55.2. The van der Waals surface area contributed by atoms with Crippen molar-refractivity contribution in [1.29, 1.82) is 0 Å². The van der Waals surface area contributed by atoms with E-state index >= 15 is 0 Å². The van der Waals surface area contributed by atoms with Crippen LogP contribution in [0.5, 0.6) is 0 Å². The van der Waals surface area contributed by atoms with Crippen LogP contribution in [-0.4, -0.2) is 202 Å². The van der Waals surface area contributed by atoms with Crippen LogP contribution in [0.2, 0.25) is 0 Å². The number of Topliss-reactive ketones (excluding diaryl/α,β-unsaturated/α-hetero) is 1. The number of ether oxygens (including phenoxy) is 9. The van der Waals surface area contributed by atoms with E-state index in [9.17, 15) is 38.4 Å². The lowest BCUT2D eigenvalue weighted by Crippen LogP contribution is -2.40. The number of rotatable bonds is 21. The quantitative estimate of drug-likeness (QED) is 0.0481. The number of nitrogen functional groups attached to an aromatic ring is 3. The molecule has 13 N–H and O–H groups in total. The zero-order chi connectivity index (χ0) is 80.4. The van der Waals surface area contributed by atoms with E-state index in [0.717, 1.165) is 35.2 Å². The fraction of sp³-hybridized carbons (Fsp3) is 0.494. The Bertz CT molecular complexity index is 5310. The molecule has 0 spiro atoms. The third-order valence-corrected chi connectivity index (χ3v) is 21.3. The molecule has 18 rings (SSSR count). The maximum absolute atomic E-state index is 12.7. The number of aromatic nitrogens is 13. The first-order valence-electron chi connectivity index (χ1n) is 37.9. The second-order valence-corrected chi connectivity index (χ2v) is 30.4. The Balaban J connectivity index is 0.000000143. The Kier molecular flexibility index (Phi) is 23.2. The molecule has 0 radical (unpaired) electrons. The van der Waals surface area contributed by atoms with E-state index < -0.39 is 84.9 Å². The number of nitrogens with one attached hydrogen (secondary N) is 7. The van der Waals surface area contributed by atoms with Crippen molar-refractivity contribution in [2.45, 2.75) is 225 Å². The Morgan fingerprint density at radius 2 is 0.838 bits per heavy atom. The highest BCUT2D eigenvalue weighted by atomic mass is 16.8. The van der Waals surface area contributed by atoms with Crippen molar-refractivity contribution in [3.8, 4) is 0 Å². The number of amides is 7. The molecular formula is C77H95N23O17. The minimum Gasteiger partial charge on any atom is -0.382 e. The van der Waals surface area contributed by atoms with Gasteiger partial charge in [0.05, 0.1) is 19.0 Å². The lowest BCUT2D eigenvalue weighted by atomic mass is 9.97. The summed E-state index contributed by atoms with van der Waals surface area (Å²) < 4.78 is 62.9.